The largest absolute Gasteiger partial charge is 0.480 e. The number of carboxylic acids is 1. The van der Waals surface area contributed by atoms with Crippen LogP contribution in [0.25, 0.3) is 0 Å². The van der Waals surface area contributed by atoms with Crippen molar-refractivity contribution in [3.05, 3.63) is 58.3 Å². The molecular formula is C34H50N4O3. The van der Waals surface area contributed by atoms with Crippen LogP contribution in [0.2, 0.25) is 0 Å². The summed E-state index contributed by atoms with van der Waals surface area (Å²) >= 11 is 0. The summed E-state index contributed by atoms with van der Waals surface area (Å²) in [7, 11) is 0. The van der Waals surface area contributed by atoms with E-state index in [1.54, 1.807) is 0 Å². The standard InChI is InChI=1S/C34H50N4O3/c1-7-29(34(4,5)6)36-24(3)30-23(2)13-11-16-28(30)31(33(39)40)38-21-27(22-38)41-20-10-8-9-15-26-18-17-25-14-12-19-35-32(25)37-26/h11,13,16-18,27,29,31H,7-10,12,14-15,19-22H2,1-6H3,(H,35,37)(H,39,40). The van der Waals surface area contributed by atoms with Crippen LogP contribution in [0, 0.1) is 12.3 Å². The number of unbranched alkanes of at least 4 members (excludes halogenated alkanes) is 2. The molecule has 0 spiro atoms. The second-order valence-corrected chi connectivity index (χ2v) is 12.9. The number of benzene rings is 1. The molecule has 41 heavy (non-hydrogen) atoms. The molecule has 1 fully saturated rings. The Labute approximate surface area is 246 Å². The van der Waals surface area contributed by atoms with Crippen molar-refractivity contribution in [2.75, 3.05) is 31.6 Å². The molecule has 0 bridgehead atoms. The zero-order chi connectivity index (χ0) is 29.6. The average Bonchev–Trinajstić information content (AvgIpc) is 2.90. The van der Waals surface area contributed by atoms with Crippen molar-refractivity contribution < 1.29 is 14.6 Å². The predicted molar refractivity (Wildman–Crippen MR) is 167 cm³/mol. The Hall–Kier alpha value is -2.77. The van der Waals surface area contributed by atoms with Crippen molar-refractivity contribution in [3.63, 3.8) is 0 Å². The van der Waals surface area contributed by atoms with E-state index in [1.165, 1.54) is 12.0 Å². The van der Waals surface area contributed by atoms with Gasteiger partial charge in [-0.3, -0.25) is 14.7 Å². The van der Waals surface area contributed by atoms with Crippen LogP contribution in [0.15, 0.2) is 35.3 Å². The van der Waals surface area contributed by atoms with Gasteiger partial charge in [0.2, 0.25) is 0 Å². The zero-order valence-corrected chi connectivity index (χ0v) is 26.0. The van der Waals surface area contributed by atoms with E-state index in [0.29, 0.717) is 19.7 Å². The molecule has 1 aromatic carbocycles. The number of aliphatic imine (C=N–C) groups is 1. The first-order chi connectivity index (χ1) is 19.6. The van der Waals surface area contributed by atoms with Crippen molar-refractivity contribution >= 4 is 17.5 Å². The number of rotatable bonds is 13. The number of nitrogens with one attached hydrogen (secondary N) is 1. The summed E-state index contributed by atoms with van der Waals surface area (Å²) in [5.41, 5.74) is 6.31. The number of carbonyl (C=O) groups is 1. The van der Waals surface area contributed by atoms with Gasteiger partial charge in [-0.2, -0.15) is 0 Å². The summed E-state index contributed by atoms with van der Waals surface area (Å²) in [4.78, 5) is 24.5. The maximum Gasteiger partial charge on any atom is 0.325 e. The minimum absolute atomic E-state index is 0.0441. The van der Waals surface area contributed by atoms with Gasteiger partial charge in [0.05, 0.1) is 12.1 Å². The van der Waals surface area contributed by atoms with E-state index in [-0.39, 0.29) is 17.6 Å². The fraction of sp³-hybridized carbons (Fsp3) is 0.618. The Kier molecular flexibility index (Phi) is 10.6. The van der Waals surface area contributed by atoms with Gasteiger partial charge in [0.15, 0.2) is 0 Å². The zero-order valence-electron chi connectivity index (χ0n) is 26.0. The highest BCUT2D eigenvalue weighted by Gasteiger charge is 2.39. The molecule has 1 aromatic heterocycles. The molecule has 7 heteroatoms. The minimum Gasteiger partial charge on any atom is -0.480 e. The van der Waals surface area contributed by atoms with E-state index in [2.05, 4.69) is 58.1 Å². The van der Waals surface area contributed by atoms with E-state index < -0.39 is 12.0 Å². The van der Waals surface area contributed by atoms with Gasteiger partial charge in [-0.25, -0.2) is 4.98 Å². The number of nitrogens with zero attached hydrogens (tertiary/aromatic N) is 3. The lowest BCUT2D eigenvalue weighted by molar-refractivity contribution is -0.150. The Bertz CT molecular complexity index is 1210. The van der Waals surface area contributed by atoms with Gasteiger partial charge >= 0.3 is 5.97 Å². The molecule has 3 heterocycles. The lowest BCUT2D eigenvalue weighted by Crippen LogP contribution is -2.55. The average molecular weight is 563 g/mol. The molecule has 0 amide bonds. The summed E-state index contributed by atoms with van der Waals surface area (Å²) in [6, 6.07) is 9.83. The third kappa shape index (κ3) is 7.95. The predicted octanol–water partition coefficient (Wildman–Crippen LogP) is 6.62. The molecule has 2 aromatic rings. The lowest BCUT2D eigenvalue weighted by atomic mass is 9.85. The highest BCUT2D eigenvalue weighted by atomic mass is 16.5. The van der Waals surface area contributed by atoms with E-state index >= 15 is 0 Å². The van der Waals surface area contributed by atoms with E-state index in [4.69, 9.17) is 14.7 Å². The number of hydrogen-bond acceptors (Lipinski definition) is 6. The molecule has 0 radical (unpaired) electrons. The topological polar surface area (TPSA) is 87.0 Å². The molecule has 224 valence electrons. The van der Waals surface area contributed by atoms with Gasteiger partial charge < -0.3 is 15.2 Å². The fourth-order valence-electron chi connectivity index (χ4n) is 6.22. The number of aromatic nitrogens is 1. The monoisotopic (exact) mass is 562 g/mol. The Morgan fingerprint density at radius 1 is 1.20 bits per heavy atom. The van der Waals surface area contributed by atoms with Crippen LogP contribution in [0.1, 0.15) is 101 Å². The van der Waals surface area contributed by atoms with E-state index in [1.807, 2.05) is 24.0 Å². The summed E-state index contributed by atoms with van der Waals surface area (Å²) in [6.07, 6.45) is 7.51. The summed E-state index contributed by atoms with van der Waals surface area (Å²) in [5.74, 6) is 0.249. The third-order valence-corrected chi connectivity index (χ3v) is 8.56. The van der Waals surface area contributed by atoms with Gasteiger partial charge in [0.25, 0.3) is 0 Å². The molecule has 2 aliphatic rings. The SMILES string of the molecule is CCC(N=C(C)c1c(C)cccc1C(C(=O)O)N1CC(OCCCCCc2ccc3c(n2)NCCC3)C1)C(C)(C)C. The van der Waals surface area contributed by atoms with E-state index in [9.17, 15) is 9.90 Å². The van der Waals surface area contributed by atoms with Crippen LogP contribution in [0.3, 0.4) is 0 Å². The normalized spacial score (nSPS) is 17.9. The highest BCUT2D eigenvalue weighted by Crippen LogP contribution is 2.33. The molecule has 2 N–H and O–H groups in total. The van der Waals surface area contributed by atoms with Crippen LogP contribution in [-0.4, -0.2) is 65.1 Å². The second kappa shape index (κ2) is 13.9. The number of pyridine rings is 1. The fourth-order valence-corrected chi connectivity index (χ4v) is 6.22. The number of fused-ring (bicyclic) bond motifs is 1. The molecule has 0 saturated carbocycles. The number of ether oxygens (including phenoxy) is 1. The summed E-state index contributed by atoms with van der Waals surface area (Å²) < 4.78 is 6.12. The Morgan fingerprint density at radius 3 is 2.68 bits per heavy atom. The molecule has 2 atom stereocenters. The van der Waals surface area contributed by atoms with Crippen LogP contribution < -0.4 is 5.32 Å². The van der Waals surface area contributed by atoms with Gasteiger partial charge in [0, 0.05) is 43.2 Å². The smallest absolute Gasteiger partial charge is 0.325 e. The van der Waals surface area contributed by atoms with Crippen LogP contribution in [0.5, 0.6) is 0 Å². The maximum absolute atomic E-state index is 12.6. The van der Waals surface area contributed by atoms with Crippen LogP contribution in [0.4, 0.5) is 5.82 Å². The van der Waals surface area contributed by atoms with E-state index in [0.717, 1.165) is 79.0 Å². The maximum atomic E-state index is 12.6. The quantitative estimate of drug-likeness (QED) is 0.211. The van der Waals surface area contributed by atoms with Crippen molar-refractivity contribution in [2.45, 2.75) is 105 Å². The number of likely N-dealkylation sites (tertiary alicyclic amines) is 1. The molecule has 7 nitrogen and oxygen atoms in total. The molecule has 2 aliphatic heterocycles. The van der Waals surface area contributed by atoms with Crippen molar-refractivity contribution in [1.82, 2.24) is 9.88 Å². The second-order valence-electron chi connectivity index (χ2n) is 12.9. The molecule has 2 unspecified atom stereocenters. The molecular weight excluding hydrogens is 512 g/mol. The van der Waals surface area contributed by atoms with Gasteiger partial charge in [-0.05, 0) is 80.5 Å². The highest BCUT2D eigenvalue weighted by molar-refractivity contribution is 6.02. The first-order valence-corrected chi connectivity index (χ1v) is 15.5. The molecule has 0 aliphatic carbocycles. The lowest BCUT2D eigenvalue weighted by Gasteiger charge is -2.43. The number of carboxylic acid groups (broad SMARTS) is 1. The van der Waals surface area contributed by atoms with Gasteiger partial charge in [-0.15, -0.1) is 0 Å². The van der Waals surface area contributed by atoms with Crippen molar-refractivity contribution in [1.29, 1.82) is 0 Å². The number of anilines is 1. The first-order valence-electron chi connectivity index (χ1n) is 15.5. The minimum atomic E-state index is -0.822. The summed E-state index contributed by atoms with van der Waals surface area (Å²) in [5, 5.41) is 13.7. The van der Waals surface area contributed by atoms with Gasteiger partial charge in [-0.1, -0.05) is 58.4 Å². The van der Waals surface area contributed by atoms with Crippen molar-refractivity contribution in [3.8, 4) is 0 Å². The Balaban J connectivity index is 1.28. The van der Waals surface area contributed by atoms with Crippen LogP contribution >= 0.6 is 0 Å². The Morgan fingerprint density at radius 2 is 1.98 bits per heavy atom. The van der Waals surface area contributed by atoms with Crippen molar-refractivity contribution in [2.24, 2.45) is 10.4 Å². The first kappa shape index (κ1) is 31.2. The number of aliphatic carboxylic acids is 1. The van der Waals surface area contributed by atoms with Crippen LogP contribution in [-0.2, 0) is 22.4 Å². The molecule has 1 saturated heterocycles. The molecule has 4 rings (SSSR count). The number of hydrogen-bond donors (Lipinski definition) is 2. The summed E-state index contributed by atoms with van der Waals surface area (Å²) in [6.45, 7) is 15.9. The third-order valence-electron chi connectivity index (χ3n) is 8.56. The van der Waals surface area contributed by atoms with Gasteiger partial charge in [0.1, 0.15) is 11.9 Å². The number of aryl methyl sites for hydroxylation is 3.